The Morgan fingerprint density at radius 3 is 2.47 bits per heavy atom. The molecule has 0 radical (unpaired) electrons. The summed E-state index contributed by atoms with van der Waals surface area (Å²) in [5.74, 6) is 0. The van der Waals surface area contributed by atoms with Crippen molar-refractivity contribution >= 4 is 11.6 Å². The fourth-order valence-electron chi connectivity index (χ4n) is 2.50. The maximum Gasteiger partial charge on any atom is 0.417 e. The molecule has 0 saturated heterocycles. The highest BCUT2D eigenvalue weighted by Gasteiger charge is 2.33. The number of nitrogens with one attached hydrogen (secondary N) is 1. The summed E-state index contributed by atoms with van der Waals surface area (Å²) >= 11 is 5.85. The SMILES string of the molecule is FC(F)(F)c1cccc(CNC2CCCCC2)c1Cl. The number of alkyl halides is 3. The van der Waals surface area contributed by atoms with Crippen molar-refractivity contribution in [2.24, 2.45) is 0 Å². The van der Waals surface area contributed by atoms with Gasteiger partial charge in [-0.2, -0.15) is 13.2 Å². The predicted octanol–water partition coefficient (Wildman–Crippen LogP) is 4.78. The maximum absolute atomic E-state index is 12.7. The van der Waals surface area contributed by atoms with E-state index in [0.717, 1.165) is 18.9 Å². The van der Waals surface area contributed by atoms with E-state index in [1.54, 1.807) is 6.07 Å². The Morgan fingerprint density at radius 2 is 1.84 bits per heavy atom. The Kier molecular flexibility index (Phi) is 4.74. The minimum atomic E-state index is -4.39. The van der Waals surface area contributed by atoms with Crippen LogP contribution in [0.5, 0.6) is 0 Å². The van der Waals surface area contributed by atoms with Crippen LogP contribution in [0.1, 0.15) is 43.2 Å². The van der Waals surface area contributed by atoms with Gasteiger partial charge in [-0.05, 0) is 24.5 Å². The van der Waals surface area contributed by atoms with Gasteiger partial charge in [-0.1, -0.05) is 43.0 Å². The van der Waals surface area contributed by atoms with Crippen molar-refractivity contribution in [3.05, 3.63) is 34.3 Å². The normalized spacial score (nSPS) is 17.7. The molecule has 0 amide bonds. The van der Waals surface area contributed by atoms with Crippen molar-refractivity contribution in [2.75, 3.05) is 0 Å². The van der Waals surface area contributed by atoms with Gasteiger partial charge in [-0.15, -0.1) is 0 Å². The molecule has 0 unspecified atom stereocenters. The van der Waals surface area contributed by atoms with Crippen molar-refractivity contribution in [3.8, 4) is 0 Å². The standard InChI is InChI=1S/C14H17ClF3N/c15-13-10(5-4-8-12(13)14(16,17)18)9-19-11-6-2-1-3-7-11/h4-5,8,11,19H,1-3,6-7,9H2. The molecule has 106 valence electrons. The van der Waals surface area contributed by atoms with E-state index in [9.17, 15) is 13.2 Å². The van der Waals surface area contributed by atoms with Gasteiger partial charge in [0.05, 0.1) is 10.6 Å². The molecular formula is C14H17ClF3N. The predicted molar refractivity (Wildman–Crippen MR) is 70.2 cm³/mol. The maximum atomic E-state index is 12.7. The molecule has 2 rings (SSSR count). The first-order chi connectivity index (χ1) is 8.98. The molecule has 0 bridgehead atoms. The van der Waals surface area contributed by atoms with Crippen LogP contribution in [0.15, 0.2) is 18.2 Å². The second kappa shape index (κ2) is 6.14. The number of benzene rings is 1. The molecule has 1 aromatic rings. The highest BCUT2D eigenvalue weighted by molar-refractivity contribution is 6.32. The van der Waals surface area contributed by atoms with Gasteiger partial charge < -0.3 is 5.32 Å². The lowest BCUT2D eigenvalue weighted by molar-refractivity contribution is -0.137. The van der Waals surface area contributed by atoms with E-state index in [0.29, 0.717) is 18.2 Å². The first-order valence-corrected chi connectivity index (χ1v) is 6.94. The number of hydrogen-bond donors (Lipinski definition) is 1. The van der Waals surface area contributed by atoms with Gasteiger partial charge in [0, 0.05) is 12.6 Å². The third-order valence-electron chi connectivity index (χ3n) is 3.57. The quantitative estimate of drug-likeness (QED) is 0.845. The third-order valence-corrected chi connectivity index (χ3v) is 4.02. The molecular weight excluding hydrogens is 275 g/mol. The van der Waals surface area contributed by atoms with Crippen molar-refractivity contribution in [1.29, 1.82) is 0 Å². The van der Waals surface area contributed by atoms with Gasteiger partial charge in [-0.25, -0.2) is 0 Å². The van der Waals surface area contributed by atoms with Gasteiger partial charge in [0.15, 0.2) is 0 Å². The Balaban J connectivity index is 2.04. The van der Waals surface area contributed by atoms with Crippen LogP contribution in [0.25, 0.3) is 0 Å². The molecule has 1 aliphatic carbocycles. The van der Waals surface area contributed by atoms with Gasteiger partial charge >= 0.3 is 6.18 Å². The van der Waals surface area contributed by atoms with Crippen LogP contribution in [-0.2, 0) is 12.7 Å². The monoisotopic (exact) mass is 291 g/mol. The van der Waals surface area contributed by atoms with E-state index in [-0.39, 0.29) is 5.02 Å². The largest absolute Gasteiger partial charge is 0.417 e. The van der Waals surface area contributed by atoms with E-state index in [4.69, 9.17) is 11.6 Å². The summed E-state index contributed by atoms with van der Waals surface area (Å²) in [6.45, 7) is 0.396. The van der Waals surface area contributed by atoms with Gasteiger partial charge in [0.1, 0.15) is 0 Å². The molecule has 5 heteroatoms. The van der Waals surface area contributed by atoms with Crippen LogP contribution < -0.4 is 5.32 Å². The molecule has 0 heterocycles. The van der Waals surface area contributed by atoms with Gasteiger partial charge in [0.2, 0.25) is 0 Å². The highest BCUT2D eigenvalue weighted by atomic mass is 35.5. The molecule has 1 aromatic carbocycles. The topological polar surface area (TPSA) is 12.0 Å². The molecule has 19 heavy (non-hydrogen) atoms. The second-order valence-electron chi connectivity index (χ2n) is 4.99. The number of halogens is 4. The lowest BCUT2D eigenvalue weighted by Gasteiger charge is -2.23. The Labute approximate surface area is 116 Å². The average molecular weight is 292 g/mol. The fraction of sp³-hybridized carbons (Fsp3) is 0.571. The summed E-state index contributed by atoms with van der Waals surface area (Å²) in [5, 5.41) is 3.12. The van der Waals surface area contributed by atoms with Gasteiger partial charge in [0.25, 0.3) is 0 Å². The van der Waals surface area contributed by atoms with Crippen molar-refractivity contribution in [2.45, 2.75) is 50.9 Å². The average Bonchev–Trinajstić information content (AvgIpc) is 2.37. The third kappa shape index (κ3) is 3.86. The minimum absolute atomic E-state index is 0.182. The van der Waals surface area contributed by atoms with Crippen LogP contribution in [0.2, 0.25) is 5.02 Å². The van der Waals surface area contributed by atoms with E-state index < -0.39 is 11.7 Å². The van der Waals surface area contributed by atoms with E-state index in [2.05, 4.69) is 5.32 Å². The molecule has 1 fully saturated rings. The zero-order valence-corrected chi connectivity index (χ0v) is 11.3. The molecule has 1 saturated carbocycles. The fourth-order valence-corrected chi connectivity index (χ4v) is 2.80. The summed E-state index contributed by atoms with van der Waals surface area (Å²) < 4.78 is 38.2. The zero-order valence-electron chi connectivity index (χ0n) is 10.6. The van der Waals surface area contributed by atoms with Crippen LogP contribution in [-0.4, -0.2) is 6.04 Å². The van der Waals surface area contributed by atoms with E-state index in [1.165, 1.54) is 25.3 Å². The number of hydrogen-bond acceptors (Lipinski definition) is 1. The summed E-state index contributed by atoms with van der Waals surface area (Å²) in [5.41, 5.74) is -0.237. The highest BCUT2D eigenvalue weighted by Crippen LogP contribution is 2.36. The minimum Gasteiger partial charge on any atom is -0.310 e. The molecule has 1 aliphatic rings. The van der Waals surface area contributed by atoms with Crippen molar-refractivity contribution in [3.63, 3.8) is 0 Å². The Morgan fingerprint density at radius 1 is 1.16 bits per heavy atom. The van der Waals surface area contributed by atoms with Crippen molar-refractivity contribution < 1.29 is 13.2 Å². The lowest BCUT2D eigenvalue weighted by atomic mass is 9.95. The van der Waals surface area contributed by atoms with E-state index in [1.807, 2.05) is 0 Å². The zero-order chi connectivity index (χ0) is 13.9. The summed E-state index contributed by atoms with van der Waals surface area (Å²) in [6.07, 6.45) is 1.43. The van der Waals surface area contributed by atoms with Crippen LogP contribution in [0.4, 0.5) is 13.2 Å². The van der Waals surface area contributed by atoms with Crippen LogP contribution in [0, 0.1) is 0 Å². The molecule has 0 atom stereocenters. The molecule has 0 aliphatic heterocycles. The molecule has 0 aromatic heterocycles. The summed E-state index contributed by atoms with van der Waals surface area (Å²) in [6, 6.07) is 4.48. The summed E-state index contributed by atoms with van der Waals surface area (Å²) in [7, 11) is 0. The van der Waals surface area contributed by atoms with E-state index >= 15 is 0 Å². The number of rotatable bonds is 3. The Hall–Kier alpha value is -0.740. The Bertz CT molecular complexity index is 425. The van der Waals surface area contributed by atoms with Crippen LogP contribution >= 0.6 is 11.6 Å². The smallest absolute Gasteiger partial charge is 0.310 e. The molecule has 0 spiro atoms. The molecule has 1 nitrogen and oxygen atoms in total. The van der Waals surface area contributed by atoms with Crippen LogP contribution in [0.3, 0.4) is 0 Å². The van der Waals surface area contributed by atoms with Gasteiger partial charge in [-0.3, -0.25) is 0 Å². The van der Waals surface area contributed by atoms with Crippen molar-refractivity contribution in [1.82, 2.24) is 5.32 Å². The summed E-state index contributed by atoms with van der Waals surface area (Å²) in [4.78, 5) is 0. The second-order valence-corrected chi connectivity index (χ2v) is 5.37. The first-order valence-electron chi connectivity index (χ1n) is 6.56. The lowest BCUT2D eigenvalue weighted by Crippen LogP contribution is -2.30. The molecule has 1 N–H and O–H groups in total. The first kappa shape index (κ1) is 14.7.